The molecule has 0 spiro atoms. The van der Waals surface area contributed by atoms with Gasteiger partial charge in [-0.15, -0.1) is 0 Å². The second-order valence-electron chi connectivity index (χ2n) is 3.94. The Kier molecular flexibility index (Phi) is 2.69. The summed E-state index contributed by atoms with van der Waals surface area (Å²) < 4.78 is 4.00. The molecule has 0 atom stereocenters. The minimum atomic E-state index is 0.575. The molecule has 0 radical (unpaired) electrons. The first-order valence-corrected chi connectivity index (χ1v) is 5.54. The molecule has 1 aromatic carbocycles. The molecule has 16 heavy (non-hydrogen) atoms. The van der Waals surface area contributed by atoms with Crippen LogP contribution in [0.5, 0.6) is 0 Å². The number of rotatable bonds is 2. The molecule has 2 rings (SSSR count). The Bertz CT molecular complexity index is 547. The minimum absolute atomic E-state index is 0.575. The van der Waals surface area contributed by atoms with E-state index in [4.69, 9.17) is 5.41 Å². The highest BCUT2D eigenvalue weighted by Crippen LogP contribution is 2.10. The largest absolute Gasteiger partial charge is 0.286 e. The molecule has 3 heteroatoms. The Morgan fingerprint density at radius 3 is 2.31 bits per heavy atom. The van der Waals surface area contributed by atoms with Gasteiger partial charge in [0.05, 0.1) is 5.69 Å². The first-order chi connectivity index (χ1) is 7.66. The van der Waals surface area contributed by atoms with Crippen LogP contribution >= 0.6 is 0 Å². The van der Waals surface area contributed by atoms with Crippen LogP contribution in [0, 0.1) is 12.3 Å². The molecule has 2 aromatic rings. The monoisotopic (exact) mass is 215 g/mol. The van der Waals surface area contributed by atoms with Gasteiger partial charge in [-0.2, -0.15) is 0 Å². The quantitative estimate of drug-likeness (QED) is 0.796. The summed E-state index contributed by atoms with van der Waals surface area (Å²) >= 11 is 0. The van der Waals surface area contributed by atoms with Gasteiger partial charge < -0.3 is 0 Å². The van der Waals surface area contributed by atoms with Gasteiger partial charge in [-0.3, -0.25) is 10.1 Å². The second-order valence-corrected chi connectivity index (χ2v) is 3.94. The van der Waals surface area contributed by atoms with Gasteiger partial charge in [-0.25, -0.2) is 4.68 Å². The van der Waals surface area contributed by atoms with Gasteiger partial charge in [0.25, 0.3) is 0 Å². The van der Waals surface area contributed by atoms with Crippen LogP contribution < -0.4 is 5.49 Å². The summed E-state index contributed by atoms with van der Waals surface area (Å²) in [5.74, 6) is 0. The average molecular weight is 215 g/mol. The summed E-state index contributed by atoms with van der Waals surface area (Å²) in [6, 6.07) is 10.0. The van der Waals surface area contributed by atoms with E-state index in [9.17, 15) is 0 Å². The van der Waals surface area contributed by atoms with Crippen molar-refractivity contribution in [3.05, 3.63) is 47.1 Å². The van der Waals surface area contributed by atoms with Crippen molar-refractivity contribution in [2.75, 3.05) is 0 Å². The highest BCUT2D eigenvalue weighted by Gasteiger charge is 2.10. The molecule has 0 aliphatic carbocycles. The zero-order valence-electron chi connectivity index (χ0n) is 9.99. The van der Waals surface area contributed by atoms with Crippen LogP contribution in [0.3, 0.4) is 0 Å². The van der Waals surface area contributed by atoms with Crippen LogP contribution in [0.2, 0.25) is 0 Å². The molecule has 0 aliphatic heterocycles. The number of para-hydroxylation sites is 1. The number of hydrogen-bond acceptors (Lipinski definition) is 1. The molecule has 0 amide bonds. The van der Waals surface area contributed by atoms with E-state index in [2.05, 4.69) is 11.6 Å². The van der Waals surface area contributed by atoms with Crippen LogP contribution in [0.25, 0.3) is 5.69 Å². The van der Waals surface area contributed by atoms with E-state index in [1.807, 2.05) is 49.0 Å². The maximum absolute atomic E-state index is 8.14. The highest BCUT2D eigenvalue weighted by molar-refractivity contribution is 5.32. The third kappa shape index (κ3) is 1.48. The Labute approximate surface area is 95.5 Å². The molecular weight excluding hydrogens is 198 g/mol. The van der Waals surface area contributed by atoms with Gasteiger partial charge in [-0.05, 0) is 25.5 Å². The molecule has 1 aromatic heterocycles. The summed E-state index contributed by atoms with van der Waals surface area (Å²) in [7, 11) is 2.01. The van der Waals surface area contributed by atoms with Gasteiger partial charge >= 0.3 is 0 Å². The van der Waals surface area contributed by atoms with Crippen molar-refractivity contribution in [3.8, 4) is 5.69 Å². The number of hydrogen-bond donors (Lipinski definition) is 1. The van der Waals surface area contributed by atoms with Gasteiger partial charge in [0.15, 0.2) is 0 Å². The number of aromatic nitrogens is 2. The third-order valence-electron chi connectivity index (χ3n) is 3.03. The van der Waals surface area contributed by atoms with E-state index in [1.54, 1.807) is 0 Å². The maximum Gasteiger partial charge on any atom is 0.149 e. The average Bonchev–Trinajstić information content (AvgIpc) is 2.51. The van der Waals surface area contributed by atoms with Crippen molar-refractivity contribution in [2.45, 2.75) is 20.3 Å². The van der Waals surface area contributed by atoms with Crippen molar-refractivity contribution in [1.82, 2.24) is 9.36 Å². The lowest BCUT2D eigenvalue weighted by molar-refractivity contribution is 0.609. The van der Waals surface area contributed by atoms with Gasteiger partial charge in [0, 0.05) is 18.3 Å². The van der Waals surface area contributed by atoms with Crippen LogP contribution in [0.4, 0.5) is 0 Å². The zero-order chi connectivity index (χ0) is 11.7. The Balaban J connectivity index is 2.72. The van der Waals surface area contributed by atoms with E-state index in [0.29, 0.717) is 5.49 Å². The fraction of sp³-hybridized carbons (Fsp3) is 0.308. The number of nitrogens with zero attached hydrogens (tertiary/aromatic N) is 2. The van der Waals surface area contributed by atoms with Crippen LogP contribution in [-0.4, -0.2) is 9.36 Å². The van der Waals surface area contributed by atoms with Gasteiger partial charge in [0.1, 0.15) is 5.49 Å². The van der Waals surface area contributed by atoms with E-state index < -0.39 is 0 Å². The first kappa shape index (κ1) is 10.7. The molecule has 0 saturated heterocycles. The van der Waals surface area contributed by atoms with Crippen LogP contribution in [0.15, 0.2) is 30.3 Å². The molecule has 0 unspecified atom stereocenters. The van der Waals surface area contributed by atoms with Crippen molar-refractivity contribution in [1.29, 1.82) is 5.41 Å². The SMILES string of the molecule is CCc1c(C)c(=N)n(-c2ccccc2)n1C. The molecule has 3 nitrogen and oxygen atoms in total. The fourth-order valence-corrected chi connectivity index (χ4v) is 2.17. The molecule has 0 saturated carbocycles. The minimum Gasteiger partial charge on any atom is -0.286 e. The molecule has 0 bridgehead atoms. The predicted octanol–water partition coefficient (Wildman–Crippen LogP) is 2.17. The molecular formula is C13H17N3. The Morgan fingerprint density at radius 2 is 1.81 bits per heavy atom. The summed E-state index contributed by atoms with van der Waals surface area (Å²) in [6.45, 7) is 4.14. The zero-order valence-corrected chi connectivity index (χ0v) is 9.99. The first-order valence-electron chi connectivity index (χ1n) is 5.54. The van der Waals surface area contributed by atoms with E-state index in [1.165, 1.54) is 5.69 Å². The second kappa shape index (κ2) is 4.00. The lowest BCUT2D eigenvalue weighted by Crippen LogP contribution is -2.20. The van der Waals surface area contributed by atoms with Gasteiger partial charge in [-0.1, -0.05) is 25.1 Å². The molecule has 0 fully saturated rings. The highest BCUT2D eigenvalue weighted by atomic mass is 15.4. The smallest absolute Gasteiger partial charge is 0.149 e. The predicted molar refractivity (Wildman–Crippen MR) is 64.7 cm³/mol. The maximum atomic E-state index is 8.14. The molecule has 0 aliphatic rings. The lowest BCUT2D eigenvalue weighted by Gasteiger charge is -2.09. The normalized spacial score (nSPS) is 10.7. The number of nitrogens with one attached hydrogen (secondary N) is 1. The summed E-state index contributed by atoms with van der Waals surface area (Å²) in [5, 5.41) is 8.14. The van der Waals surface area contributed by atoms with Crippen molar-refractivity contribution >= 4 is 0 Å². The fourth-order valence-electron chi connectivity index (χ4n) is 2.17. The van der Waals surface area contributed by atoms with Crippen molar-refractivity contribution in [2.24, 2.45) is 7.05 Å². The topological polar surface area (TPSA) is 33.7 Å². The lowest BCUT2D eigenvalue weighted by atomic mass is 10.2. The number of benzene rings is 1. The molecule has 1 heterocycles. The molecule has 84 valence electrons. The van der Waals surface area contributed by atoms with E-state index in [-0.39, 0.29) is 0 Å². The third-order valence-corrected chi connectivity index (χ3v) is 3.03. The van der Waals surface area contributed by atoms with Crippen LogP contribution in [0.1, 0.15) is 18.2 Å². The Morgan fingerprint density at radius 1 is 1.19 bits per heavy atom. The van der Waals surface area contributed by atoms with Crippen molar-refractivity contribution in [3.63, 3.8) is 0 Å². The standard InChI is InChI=1S/C13H17N3/c1-4-12-10(2)13(14)16(15(12)3)11-8-6-5-7-9-11/h5-9,14H,4H2,1-3H3. The van der Waals surface area contributed by atoms with E-state index >= 15 is 0 Å². The van der Waals surface area contributed by atoms with E-state index in [0.717, 1.165) is 17.7 Å². The summed E-state index contributed by atoms with van der Waals surface area (Å²) in [5.41, 5.74) is 3.89. The Hall–Kier alpha value is -1.77. The van der Waals surface area contributed by atoms with Gasteiger partial charge in [0.2, 0.25) is 0 Å². The van der Waals surface area contributed by atoms with Crippen molar-refractivity contribution < 1.29 is 0 Å². The van der Waals surface area contributed by atoms with Crippen LogP contribution in [-0.2, 0) is 13.5 Å². The summed E-state index contributed by atoms with van der Waals surface area (Å²) in [6.07, 6.45) is 0.952. The molecule has 1 N–H and O–H groups in total. The summed E-state index contributed by atoms with van der Waals surface area (Å²) in [4.78, 5) is 0.